The van der Waals surface area contributed by atoms with Crippen molar-refractivity contribution in [3.63, 3.8) is 0 Å². The maximum atomic E-state index is 12.2. The molecule has 0 spiro atoms. The molecule has 4 rings (SSSR count). The van der Waals surface area contributed by atoms with E-state index in [0.29, 0.717) is 5.56 Å². The van der Waals surface area contributed by atoms with Crippen LogP contribution >= 0.6 is 11.3 Å². The second kappa shape index (κ2) is 6.93. The first-order valence-corrected chi connectivity index (χ1v) is 9.35. The number of carbonyl (C=O) groups is 1. The van der Waals surface area contributed by atoms with Crippen molar-refractivity contribution >= 4 is 27.5 Å². The molecule has 0 radical (unpaired) electrons. The molecule has 1 aliphatic heterocycles. The summed E-state index contributed by atoms with van der Waals surface area (Å²) in [6.07, 6.45) is 5.29. The lowest BCUT2D eigenvalue weighted by Gasteiger charge is -2.31. The van der Waals surface area contributed by atoms with Crippen molar-refractivity contribution < 1.29 is 4.79 Å². The van der Waals surface area contributed by atoms with Crippen LogP contribution in [-0.4, -0.2) is 44.7 Å². The Labute approximate surface area is 150 Å². The summed E-state index contributed by atoms with van der Waals surface area (Å²) in [6.45, 7) is 2.85. The van der Waals surface area contributed by atoms with E-state index in [1.54, 1.807) is 28.4 Å². The van der Waals surface area contributed by atoms with Gasteiger partial charge in [-0.3, -0.25) is 14.4 Å². The molecule has 1 aromatic carbocycles. The van der Waals surface area contributed by atoms with Gasteiger partial charge in [-0.25, -0.2) is 4.98 Å². The van der Waals surface area contributed by atoms with Crippen LogP contribution < -0.4 is 5.32 Å². The van der Waals surface area contributed by atoms with Crippen LogP contribution in [0.3, 0.4) is 0 Å². The van der Waals surface area contributed by atoms with Crippen molar-refractivity contribution in [1.29, 1.82) is 0 Å². The summed E-state index contributed by atoms with van der Waals surface area (Å²) in [5, 5.41) is 8.34. The average Bonchev–Trinajstić information content (AvgIpc) is 3.22. The Bertz CT molecular complexity index is 845. The molecule has 3 aromatic rings. The van der Waals surface area contributed by atoms with Crippen LogP contribution in [-0.2, 0) is 13.6 Å². The van der Waals surface area contributed by atoms with Crippen LogP contribution in [0.4, 0.5) is 0 Å². The highest BCUT2D eigenvalue weighted by atomic mass is 32.1. The van der Waals surface area contributed by atoms with Crippen LogP contribution in [0, 0.1) is 0 Å². The zero-order chi connectivity index (χ0) is 17.2. The summed E-state index contributed by atoms with van der Waals surface area (Å²) in [5.74, 6) is -0.0299. The summed E-state index contributed by atoms with van der Waals surface area (Å²) in [5.41, 5.74) is 1.71. The van der Waals surface area contributed by atoms with Gasteiger partial charge in [-0.05, 0) is 25.0 Å². The number of aryl methyl sites for hydroxylation is 1. The largest absolute Gasteiger partial charge is 0.349 e. The van der Waals surface area contributed by atoms with E-state index in [4.69, 9.17) is 4.98 Å². The summed E-state index contributed by atoms with van der Waals surface area (Å²) in [7, 11) is 1.82. The Kier molecular flexibility index (Phi) is 4.50. The average molecular weight is 355 g/mol. The van der Waals surface area contributed by atoms with Gasteiger partial charge in [0, 0.05) is 32.4 Å². The summed E-state index contributed by atoms with van der Waals surface area (Å²) >= 11 is 1.77. The molecule has 3 heterocycles. The van der Waals surface area contributed by atoms with Gasteiger partial charge in [0.05, 0.1) is 28.5 Å². The van der Waals surface area contributed by atoms with Crippen LogP contribution in [0.5, 0.6) is 0 Å². The molecule has 130 valence electrons. The van der Waals surface area contributed by atoms with E-state index in [2.05, 4.69) is 33.5 Å². The van der Waals surface area contributed by atoms with Crippen molar-refractivity contribution in [3.8, 4) is 0 Å². The van der Waals surface area contributed by atoms with Crippen molar-refractivity contribution in [2.45, 2.75) is 25.4 Å². The lowest BCUT2D eigenvalue weighted by atomic mass is 10.0. The number of fused-ring (bicyclic) bond motifs is 1. The zero-order valence-electron chi connectivity index (χ0n) is 14.2. The van der Waals surface area contributed by atoms with Gasteiger partial charge >= 0.3 is 0 Å². The monoisotopic (exact) mass is 355 g/mol. The van der Waals surface area contributed by atoms with E-state index in [9.17, 15) is 4.79 Å². The molecule has 0 aliphatic carbocycles. The van der Waals surface area contributed by atoms with Gasteiger partial charge < -0.3 is 5.32 Å². The van der Waals surface area contributed by atoms with Crippen molar-refractivity contribution in [2.75, 3.05) is 13.1 Å². The first-order chi connectivity index (χ1) is 12.2. The maximum Gasteiger partial charge on any atom is 0.254 e. The minimum absolute atomic E-state index is 0.0299. The van der Waals surface area contributed by atoms with Crippen molar-refractivity contribution in [2.24, 2.45) is 7.05 Å². The van der Waals surface area contributed by atoms with Crippen LogP contribution in [0.15, 0.2) is 36.7 Å². The Morgan fingerprint density at radius 2 is 2.12 bits per heavy atom. The van der Waals surface area contributed by atoms with E-state index in [0.717, 1.165) is 38.0 Å². The Hall–Kier alpha value is -2.25. The molecule has 1 fully saturated rings. The highest BCUT2D eigenvalue weighted by Gasteiger charge is 2.22. The van der Waals surface area contributed by atoms with Gasteiger partial charge in [0.15, 0.2) is 0 Å². The molecule has 1 aliphatic rings. The first-order valence-electron chi connectivity index (χ1n) is 8.54. The third-order valence-electron chi connectivity index (χ3n) is 4.59. The van der Waals surface area contributed by atoms with E-state index < -0.39 is 0 Å². The number of rotatable bonds is 4. The molecule has 1 N–H and O–H groups in total. The number of aromatic nitrogens is 3. The third kappa shape index (κ3) is 3.72. The molecule has 0 unspecified atom stereocenters. The van der Waals surface area contributed by atoms with Gasteiger partial charge in [-0.1, -0.05) is 12.1 Å². The molecule has 25 heavy (non-hydrogen) atoms. The number of likely N-dealkylation sites (tertiary alicyclic amines) is 1. The molecule has 0 bridgehead atoms. The lowest BCUT2D eigenvalue weighted by molar-refractivity contribution is 0.0909. The number of para-hydroxylation sites is 1. The van der Waals surface area contributed by atoms with Gasteiger partial charge in [-0.2, -0.15) is 5.10 Å². The Morgan fingerprint density at radius 3 is 2.84 bits per heavy atom. The first kappa shape index (κ1) is 16.2. The highest BCUT2D eigenvalue weighted by Crippen LogP contribution is 2.23. The second-order valence-corrected chi connectivity index (χ2v) is 7.62. The molecule has 6 nitrogen and oxygen atoms in total. The molecule has 1 saturated heterocycles. The smallest absolute Gasteiger partial charge is 0.254 e. The number of amides is 1. The SMILES string of the molecule is Cn1cc(C(=O)NC2CCN(Cc3nc4ccccc4s3)CC2)cn1. The fraction of sp³-hybridized carbons (Fsp3) is 0.389. The summed E-state index contributed by atoms with van der Waals surface area (Å²) in [6, 6.07) is 8.51. The van der Waals surface area contributed by atoms with Crippen molar-refractivity contribution in [3.05, 3.63) is 47.2 Å². The number of nitrogens with one attached hydrogen (secondary N) is 1. The predicted octanol–water partition coefficient (Wildman–Crippen LogP) is 2.42. The minimum Gasteiger partial charge on any atom is -0.349 e. The van der Waals surface area contributed by atoms with Gasteiger partial charge in [0.2, 0.25) is 0 Å². The van der Waals surface area contributed by atoms with E-state index in [1.165, 1.54) is 9.71 Å². The Balaban J connectivity index is 1.30. The number of thiazole rings is 1. The number of hydrogen-bond donors (Lipinski definition) is 1. The number of carbonyl (C=O) groups excluding carboxylic acids is 1. The number of nitrogens with zero attached hydrogens (tertiary/aromatic N) is 4. The topological polar surface area (TPSA) is 63.1 Å². The van der Waals surface area contributed by atoms with Gasteiger partial charge in [-0.15, -0.1) is 11.3 Å². The second-order valence-electron chi connectivity index (χ2n) is 6.50. The third-order valence-corrected chi connectivity index (χ3v) is 5.61. The molecule has 2 aromatic heterocycles. The summed E-state index contributed by atoms with van der Waals surface area (Å²) in [4.78, 5) is 19.3. The molecular formula is C18H21N5OS. The molecule has 0 atom stereocenters. The maximum absolute atomic E-state index is 12.2. The van der Waals surface area contributed by atoms with Crippen LogP contribution in [0.25, 0.3) is 10.2 Å². The molecular weight excluding hydrogens is 334 g/mol. The van der Waals surface area contributed by atoms with Gasteiger partial charge in [0.1, 0.15) is 5.01 Å². The van der Waals surface area contributed by atoms with E-state index >= 15 is 0 Å². The normalized spacial score (nSPS) is 16.4. The lowest BCUT2D eigenvalue weighted by Crippen LogP contribution is -2.44. The Morgan fingerprint density at radius 1 is 1.32 bits per heavy atom. The molecule has 7 heteroatoms. The molecule has 1 amide bonds. The molecule has 0 saturated carbocycles. The standard InChI is InChI=1S/C18H21N5OS/c1-22-11-13(10-19-22)18(24)20-14-6-8-23(9-7-14)12-17-21-15-4-2-3-5-16(15)25-17/h2-5,10-11,14H,6-9,12H2,1H3,(H,20,24). The zero-order valence-corrected chi connectivity index (χ0v) is 15.0. The quantitative estimate of drug-likeness (QED) is 0.781. The van der Waals surface area contributed by atoms with E-state index in [1.807, 2.05) is 13.1 Å². The fourth-order valence-electron chi connectivity index (χ4n) is 3.22. The highest BCUT2D eigenvalue weighted by molar-refractivity contribution is 7.18. The van der Waals surface area contributed by atoms with Crippen LogP contribution in [0.1, 0.15) is 28.2 Å². The number of benzene rings is 1. The van der Waals surface area contributed by atoms with Crippen molar-refractivity contribution in [1.82, 2.24) is 25.0 Å². The predicted molar refractivity (Wildman–Crippen MR) is 98.6 cm³/mol. The summed E-state index contributed by atoms with van der Waals surface area (Å²) < 4.78 is 2.89. The fourth-order valence-corrected chi connectivity index (χ4v) is 4.23. The van der Waals surface area contributed by atoms with Crippen LogP contribution in [0.2, 0.25) is 0 Å². The van der Waals surface area contributed by atoms with E-state index in [-0.39, 0.29) is 11.9 Å². The minimum atomic E-state index is -0.0299. The van der Waals surface area contributed by atoms with Gasteiger partial charge in [0.25, 0.3) is 5.91 Å². The number of hydrogen-bond acceptors (Lipinski definition) is 5. The number of piperidine rings is 1.